The minimum atomic E-state index is 0.313. The van der Waals surface area contributed by atoms with Crippen LogP contribution in [0.5, 0.6) is 11.5 Å². The lowest BCUT2D eigenvalue weighted by Crippen LogP contribution is -2.09. The van der Waals surface area contributed by atoms with Gasteiger partial charge in [0, 0.05) is 24.0 Å². The third kappa shape index (κ3) is 3.66. The largest absolute Gasteiger partial charge is 0.497 e. The van der Waals surface area contributed by atoms with E-state index in [-0.39, 0.29) is 0 Å². The molecular formula is C14H14N2O2S. The Morgan fingerprint density at radius 2 is 1.89 bits per heavy atom. The molecule has 1 aromatic heterocycles. The second-order valence-electron chi connectivity index (χ2n) is 3.91. The van der Waals surface area contributed by atoms with Crippen LogP contribution >= 0.6 is 12.2 Å². The number of pyridine rings is 1. The van der Waals surface area contributed by atoms with E-state index >= 15 is 0 Å². The highest BCUT2D eigenvalue weighted by atomic mass is 32.1. The molecule has 0 fully saturated rings. The van der Waals surface area contributed by atoms with Crippen LogP contribution in [0.1, 0.15) is 11.1 Å². The van der Waals surface area contributed by atoms with E-state index < -0.39 is 0 Å². The molecule has 0 aliphatic rings. The number of thiocarbonyl (C=S) groups is 1. The highest BCUT2D eigenvalue weighted by molar-refractivity contribution is 7.80. The lowest BCUT2D eigenvalue weighted by Gasteiger charge is -2.10. The first-order chi connectivity index (χ1) is 9.19. The van der Waals surface area contributed by atoms with Crippen molar-refractivity contribution in [1.82, 2.24) is 4.98 Å². The van der Waals surface area contributed by atoms with Crippen LogP contribution < -0.4 is 15.2 Å². The number of benzene rings is 1. The second kappa shape index (κ2) is 6.15. The molecule has 98 valence electrons. The average Bonchev–Trinajstić information content (AvgIpc) is 2.45. The van der Waals surface area contributed by atoms with Gasteiger partial charge in [0.1, 0.15) is 23.1 Å². The summed E-state index contributed by atoms with van der Waals surface area (Å²) in [6.45, 7) is 0.451. The van der Waals surface area contributed by atoms with Crippen molar-refractivity contribution in [2.45, 2.75) is 6.61 Å². The van der Waals surface area contributed by atoms with Crippen molar-refractivity contribution >= 4 is 17.2 Å². The molecule has 19 heavy (non-hydrogen) atoms. The maximum atomic E-state index is 5.70. The molecule has 0 radical (unpaired) electrons. The van der Waals surface area contributed by atoms with E-state index in [1.807, 2.05) is 12.1 Å². The van der Waals surface area contributed by atoms with E-state index in [1.165, 1.54) is 0 Å². The van der Waals surface area contributed by atoms with E-state index in [4.69, 9.17) is 27.4 Å². The number of rotatable bonds is 5. The smallest absolute Gasteiger partial charge is 0.124 e. The summed E-state index contributed by atoms with van der Waals surface area (Å²) in [5, 5.41) is 0. The van der Waals surface area contributed by atoms with Gasteiger partial charge in [-0.1, -0.05) is 12.2 Å². The summed E-state index contributed by atoms with van der Waals surface area (Å²) in [5.41, 5.74) is 7.38. The Kier molecular flexibility index (Phi) is 4.30. The monoisotopic (exact) mass is 274 g/mol. The van der Waals surface area contributed by atoms with E-state index in [1.54, 1.807) is 37.7 Å². The van der Waals surface area contributed by atoms with Crippen molar-refractivity contribution in [2.24, 2.45) is 5.73 Å². The fourth-order valence-corrected chi connectivity index (χ4v) is 1.68. The maximum absolute atomic E-state index is 5.70. The summed E-state index contributed by atoms with van der Waals surface area (Å²) >= 11 is 4.97. The minimum Gasteiger partial charge on any atom is -0.497 e. The molecule has 2 rings (SSSR count). The quantitative estimate of drug-likeness (QED) is 0.848. The van der Waals surface area contributed by atoms with Gasteiger partial charge >= 0.3 is 0 Å². The molecule has 5 heteroatoms. The van der Waals surface area contributed by atoms with Gasteiger partial charge in [-0.05, 0) is 29.8 Å². The Balaban J connectivity index is 2.15. The topological polar surface area (TPSA) is 57.4 Å². The van der Waals surface area contributed by atoms with Crippen molar-refractivity contribution in [2.75, 3.05) is 7.11 Å². The number of nitrogens with two attached hydrogens (primary N) is 1. The SMILES string of the molecule is COc1cc(OCc2ccncc2)cc(C(N)=S)c1. The summed E-state index contributed by atoms with van der Waals surface area (Å²) in [7, 11) is 1.59. The van der Waals surface area contributed by atoms with Crippen molar-refractivity contribution in [3.8, 4) is 11.5 Å². The summed E-state index contributed by atoms with van der Waals surface area (Å²) in [5.74, 6) is 1.33. The van der Waals surface area contributed by atoms with Gasteiger partial charge in [-0.3, -0.25) is 4.98 Å². The second-order valence-corrected chi connectivity index (χ2v) is 4.35. The van der Waals surface area contributed by atoms with Crippen LogP contribution in [0.4, 0.5) is 0 Å². The van der Waals surface area contributed by atoms with Gasteiger partial charge in [-0.25, -0.2) is 0 Å². The number of hydrogen-bond donors (Lipinski definition) is 1. The molecule has 2 aromatic rings. The molecule has 1 aromatic carbocycles. The third-order valence-electron chi connectivity index (χ3n) is 2.56. The van der Waals surface area contributed by atoms with Crippen LogP contribution in [0, 0.1) is 0 Å². The minimum absolute atomic E-state index is 0.313. The number of methoxy groups -OCH3 is 1. The molecule has 0 amide bonds. The molecule has 0 unspecified atom stereocenters. The number of aromatic nitrogens is 1. The van der Waals surface area contributed by atoms with Gasteiger partial charge < -0.3 is 15.2 Å². The van der Waals surface area contributed by atoms with E-state index in [2.05, 4.69) is 4.98 Å². The Bertz CT molecular complexity index is 573. The molecule has 0 saturated heterocycles. The Morgan fingerprint density at radius 3 is 2.53 bits per heavy atom. The third-order valence-corrected chi connectivity index (χ3v) is 2.79. The first kappa shape index (κ1) is 13.3. The number of hydrogen-bond acceptors (Lipinski definition) is 4. The average molecular weight is 274 g/mol. The fraction of sp³-hybridized carbons (Fsp3) is 0.143. The van der Waals surface area contributed by atoms with Gasteiger partial charge in [0.05, 0.1) is 7.11 Å². The van der Waals surface area contributed by atoms with Crippen molar-refractivity contribution < 1.29 is 9.47 Å². The maximum Gasteiger partial charge on any atom is 0.124 e. The first-order valence-corrected chi connectivity index (χ1v) is 6.10. The summed E-state index contributed by atoms with van der Waals surface area (Å²) in [4.78, 5) is 4.27. The zero-order valence-corrected chi connectivity index (χ0v) is 11.3. The molecule has 0 bridgehead atoms. The number of ether oxygens (including phenoxy) is 2. The number of nitrogens with zero attached hydrogens (tertiary/aromatic N) is 1. The molecular weight excluding hydrogens is 260 g/mol. The summed E-state index contributed by atoms with van der Waals surface area (Å²) in [6.07, 6.45) is 3.45. The molecule has 0 aliphatic carbocycles. The van der Waals surface area contributed by atoms with Crippen LogP contribution in [-0.4, -0.2) is 17.1 Å². The van der Waals surface area contributed by atoms with Crippen molar-refractivity contribution in [1.29, 1.82) is 0 Å². The zero-order chi connectivity index (χ0) is 13.7. The molecule has 0 spiro atoms. The summed E-state index contributed by atoms with van der Waals surface area (Å²) < 4.78 is 10.9. The van der Waals surface area contributed by atoms with Gasteiger partial charge in [0.15, 0.2) is 0 Å². The van der Waals surface area contributed by atoms with E-state index in [0.717, 1.165) is 11.1 Å². The molecule has 0 saturated carbocycles. The predicted molar refractivity (Wildman–Crippen MR) is 77.5 cm³/mol. The first-order valence-electron chi connectivity index (χ1n) is 5.69. The fourth-order valence-electron chi connectivity index (χ4n) is 1.56. The predicted octanol–water partition coefficient (Wildman–Crippen LogP) is 2.30. The van der Waals surface area contributed by atoms with Crippen LogP contribution in [0.15, 0.2) is 42.7 Å². The van der Waals surface area contributed by atoms with Crippen LogP contribution in [0.25, 0.3) is 0 Å². The molecule has 0 atom stereocenters. The molecule has 1 heterocycles. The van der Waals surface area contributed by atoms with Gasteiger partial charge in [0.2, 0.25) is 0 Å². The van der Waals surface area contributed by atoms with Crippen LogP contribution in [0.3, 0.4) is 0 Å². The standard InChI is InChI=1S/C14H14N2O2S/c1-17-12-6-11(14(15)19)7-13(8-12)18-9-10-2-4-16-5-3-10/h2-8H,9H2,1H3,(H2,15,19). The van der Waals surface area contributed by atoms with Gasteiger partial charge in [0.25, 0.3) is 0 Å². The molecule has 2 N–H and O–H groups in total. The Hall–Kier alpha value is -2.14. The van der Waals surface area contributed by atoms with Crippen molar-refractivity contribution in [3.05, 3.63) is 53.9 Å². The Morgan fingerprint density at radius 1 is 1.21 bits per heavy atom. The van der Waals surface area contributed by atoms with Crippen LogP contribution in [-0.2, 0) is 6.61 Å². The van der Waals surface area contributed by atoms with Gasteiger partial charge in [-0.15, -0.1) is 0 Å². The molecule has 0 aliphatic heterocycles. The lowest BCUT2D eigenvalue weighted by atomic mass is 10.2. The highest BCUT2D eigenvalue weighted by Crippen LogP contribution is 2.23. The molecule has 4 nitrogen and oxygen atoms in total. The summed E-state index contributed by atoms with van der Waals surface area (Å²) in [6, 6.07) is 9.17. The van der Waals surface area contributed by atoms with E-state index in [0.29, 0.717) is 23.1 Å². The van der Waals surface area contributed by atoms with Gasteiger partial charge in [-0.2, -0.15) is 0 Å². The zero-order valence-electron chi connectivity index (χ0n) is 10.5. The normalized spacial score (nSPS) is 9.95. The van der Waals surface area contributed by atoms with E-state index in [9.17, 15) is 0 Å². The Labute approximate surface area is 117 Å². The van der Waals surface area contributed by atoms with Crippen LogP contribution in [0.2, 0.25) is 0 Å². The lowest BCUT2D eigenvalue weighted by molar-refractivity contribution is 0.303. The van der Waals surface area contributed by atoms with Crippen molar-refractivity contribution in [3.63, 3.8) is 0 Å². The highest BCUT2D eigenvalue weighted by Gasteiger charge is 2.05.